The van der Waals surface area contributed by atoms with Crippen molar-refractivity contribution in [2.24, 2.45) is 5.73 Å². The van der Waals surface area contributed by atoms with Crippen LogP contribution in [0.15, 0.2) is 22.7 Å². The molecule has 0 bridgehead atoms. The Morgan fingerprint density at radius 3 is 2.62 bits per heavy atom. The second-order valence-corrected chi connectivity index (χ2v) is 7.06. The predicted octanol–water partition coefficient (Wildman–Crippen LogP) is 2.99. The van der Waals surface area contributed by atoms with Crippen LogP contribution in [0.25, 0.3) is 0 Å². The minimum absolute atomic E-state index is 0.0742. The smallest absolute Gasteiger partial charge is 0.404 e. The zero-order chi connectivity index (χ0) is 15.8. The molecule has 0 aliphatic carbocycles. The lowest BCUT2D eigenvalue weighted by atomic mass is 10.0. The van der Waals surface area contributed by atoms with Gasteiger partial charge in [0, 0.05) is 22.1 Å². The molecule has 2 N–H and O–H groups in total. The number of nitrogens with zero attached hydrogens (tertiary/aromatic N) is 1. The van der Waals surface area contributed by atoms with Crippen molar-refractivity contribution in [1.82, 2.24) is 0 Å². The van der Waals surface area contributed by atoms with E-state index >= 15 is 0 Å². The third-order valence-electron chi connectivity index (χ3n) is 3.34. The molecule has 1 heterocycles. The van der Waals surface area contributed by atoms with Crippen LogP contribution in [0.2, 0.25) is 0 Å². The maximum Gasteiger partial charge on any atom is 0.404 e. The molecule has 0 spiro atoms. The van der Waals surface area contributed by atoms with E-state index in [-0.39, 0.29) is 17.9 Å². The van der Waals surface area contributed by atoms with Gasteiger partial charge in [-0.15, -0.1) is 0 Å². The quantitative estimate of drug-likeness (QED) is 0.842. The third kappa shape index (κ3) is 3.56. The van der Waals surface area contributed by atoms with Gasteiger partial charge in [0.15, 0.2) is 0 Å². The number of ether oxygens (including phenoxy) is 1. The first-order valence-corrected chi connectivity index (χ1v) is 7.55. The Bertz CT molecular complexity index is 581. The maximum atomic E-state index is 12.6. The summed E-state index contributed by atoms with van der Waals surface area (Å²) in [7, 11) is 0. The molecule has 1 aliphatic rings. The number of fused-ring (bicyclic) bond motifs is 1. The molecule has 0 aromatic heterocycles. The minimum atomic E-state index is -0.853. The molecule has 1 atom stereocenters. The number of carbonyl (C=O) groups excluding carboxylic acids is 2. The van der Waals surface area contributed by atoms with Crippen molar-refractivity contribution >= 4 is 33.6 Å². The zero-order valence-electron chi connectivity index (χ0n) is 12.4. The molecule has 5 nitrogen and oxygen atoms in total. The van der Waals surface area contributed by atoms with Crippen LogP contribution in [0.5, 0.6) is 0 Å². The van der Waals surface area contributed by atoms with Crippen molar-refractivity contribution in [3.05, 3.63) is 28.2 Å². The Morgan fingerprint density at radius 1 is 1.38 bits per heavy atom. The molecule has 1 aromatic rings. The number of halogens is 1. The van der Waals surface area contributed by atoms with Gasteiger partial charge in [0.1, 0.15) is 6.10 Å². The van der Waals surface area contributed by atoms with Crippen molar-refractivity contribution < 1.29 is 14.3 Å². The highest BCUT2D eigenvalue weighted by Gasteiger charge is 2.35. The van der Waals surface area contributed by atoms with E-state index in [1.165, 1.54) is 0 Å². The molecule has 0 fully saturated rings. The van der Waals surface area contributed by atoms with Crippen LogP contribution in [0.3, 0.4) is 0 Å². The molecule has 2 amide bonds. The number of anilines is 1. The van der Waals surface area contributed by atoms with Crippen molar-refractivity contribution in [3.63, 3.8) is 0 Å². The Morgan fingerprint density at radius 2 is 2.05 bits per heavy atom. The summed E-state index contributed by atoms with van der Waals surface area (Å²) >= 11 is 3.44. The van der Waals surface area contributed by atoms with E-state index < -0.39 is 12.2 Å². The molecular weight excluding hydrogens is 336 g/mol. The molecule has 114 valence electrons. The van der Waals surface area contributed by atoms with Crippen LogP contribution in [0.1, 0.15) is 32.8 Å². The van der Waals surface area contributed by atoms with Crippen LogP contribution in [-0.4, -0.2) is 23.6 Å². The molecule has 6 heteroatoms. The van der Waals surface area contributed by atoms with Gasteiger partial charge >= 0.3 is 6.09 Å². The molecule has 0 saturated heterocycles. The highest BCUT2D eigenvalue weighted by molar-refractivity contribution is 9.10. The van der Waals surface area contributed by atoms with Gasteiger partial charge < -0.3 is 15.4 Å². The summed E-state index contributed by atoms with van der Waals surface area (Å²) in [5.74, 6) is -0.0742. The van der Waals surface area contributed by atoms with Crippen molar-refractivity contribution in [1.29, 1.82) is 0 Å². The van der Waals surface area contributed by atoms with Crippen LogP contribution in [0.4, 0.5) is 10.5 Å². The van der Waals surface area contributed by atoms with E-state index in [0.717, 1.165) is 15.7 Å². The standard InChI is InChI=1S/C15H19BrN2O3/c1-15(2,3)18-12-5-4-10(16)6-9(12)7-11(8-13(18)19)21-14(17)20/h4-6,11H,7-8H2,1-3H3,(H2,17,20). The lowest BCUT2D eigenvalue weighted by Gasteiger charge is -2.36. The van der Waals surface area contributed by atoms with E-state index in [1.54, 1.807) is 4.90 Å². The van der Waals surface area contributed by atoms with E-state index in [2.05, 4.69) is 15.9 Å². The van der Waals surface area contributed by atoms with Crippen molar-refractivity contribution in [3.8, 4) is 0 Å². The lowest BCUT2D eigenvalue weighted by molar-refractivity contribution is -0.121. The molecule has 0 radical (unpaired) electrons. The number of nitrogens with two attached hydrogens (primary N) is 1. The summed E-state index contributed by atoms with van der Waals surface area (Å²) in [5.41, 5.74) is 6.54. The first kappa shape index (κ1) is 15.8. The van der Waals surface area contributed by atoms with Gasteiger partial charge in [0.25, 0.3) is 0 Å². The van der Waals surface area contributed by atoms with Crippen LogP contribution in [0, 0.1) is 0 Å². The van der Waals surface area contributed by atoms with Gasteiger partial charge in [-0.25, -0.2) is 4.79 Å². The topological polar surface area (TPSA) is 72.6 Å². The van der Waals surface area contributed by atoms with E-state index in [1.807, 2.05) is 39.0 Å². The van der Waals surface area contributed by atoms with E-state index in [0.29, 0.717) is 6.42 Å². The van der Waals surface area contributed by atoms with Gasteiger partial charge in [-0.2, -0.15) is 0 Å². The number of hydrogen-bond acceptors (Lipinski definition) is 3. The molecular formula is C15H19BrN2O3. The molecule has 1 aliphatic heterocycles. The van der Waals surface area contributed by atoms with E-state index in [9.17, 15) is 9.59 Å². The fraction of sp³-hybridized carbons (Fsp3) is 0.467. The summed E-state index contributed by atoms with van der Waals surface area (Å²) in [6, 6.07) is 5.76. The Balaban J connectivity index is 2.49. The average molecular weight is 355 g/mol. The van der Waals surface area contributed by atoms with Gasteiger partial charge in [-0.1, -0.05) is 15.9 Å². The summed E-state index contributed by atoms with van der Waals surface area (Å²) in [6.07, 6.45) is -0.785. The summed E-state index contributed by atoms with van der Waals surface area (Å²) in [4.78, 5) is 25.4. The fourth-order valence-electron chi connectivity index (χ4n) is 2.66. The monoisotopic (exact) mass is 354 g/mol. The largest absolute Gasteiger partial charge is 0.445 e. The average Bonchev–Trinajstić information content (AvgIpc) is 2.42. The first-order valence-electron chi connectivity index (χ1n) is 6.76. The fourth-order valence-corrected chi connectivity index (χ4v) is 3.07. The third-order valence-corrected chi connectivity index (χ3v) is 3.83. The van der Waals surface area contributed by atoms with Crippen molar-refractivity contribution in [2.45, 2.75) is 45.3 Å². The van der Waals surface area contributed by atoms with Gasteiger partial charge in [0.2, 0.25) is 5.91 Å². The number of carbonyl (C=O) groups is 2. The van der Waals surface area contributed by atoms with Gasteiger partial charge in [-0.3, -0.25) is 4.79 Å². The summed E-state index contributed by atoms with van der Waals surface area (Å²) < 4.78 is 5.99. The zero-order valence-corrected chi connectivity index (χ0v) is 13.9. The number of primary amides is 1. The highest BCUT2D eigenvalue weighted by atomic mass is 79.9. The number of amides is 2. The van der Waals surface area contributed by atoms with Crippen LogP contribution >= 0.6 is 15.9 Å². The maximum absolute atomic E-state index is 12.6. The first-order chi connectivity index (χ1) is 9.68. The number of benzene rings is 1. The molecule has 1 aromatic carbocycles. The second kappa shape index (κ2) is 5.67. The second-order valence-electron chi connectivity index (χ2n) is 6.14. The number of rotatable bonds is 1. The minimum Gasteiger partial charge on any atom is -0.445 e. The van der Waals surface area contributed by atoms with Crippen molar-refractivity contribution in [2.75, 3.05) is 4.90 Å². The Kier molecular flexibility index (Phi) is 4.27. The lowest BCUT2D eigenvalue weighted by Crippen LogP contribution is -2.46. The molecule has 0 saturated carbocycles. The molecule has 1 unspecified atom stereocenters. The van der Waals surface area contributed by atoms with Gasteiger partial charge in [0.05, 0.1) is 6.42 Å². The Labute approximate surface area is 132 Å². The molecule has 21 heavy (non-hydrogen) atoms. The van der Waals surface area contributed by atoms with Crippen LogP contribution in [-0.2, 0) is 16.0 Å². The Hall–Kier alpha value is -1.56. The highest BCUT2D eigenvalue weighted by Crippen LogP contribution is 2.34. The van der Waals surface area contributed by atoms with Gasteiger partial charge in [-0.05, 0) is 44.5 Å². The normalized spacial score (nSPS) is 19.0. The summed E-state index contributed by atoms with van der Waals surface area (Å²) in [6.45, 7) is 5.93. The predicted molar refractivity (Wildman–Crippen MR) is 84.2 cm³/mol. The molecule has 2 rings (SSSR count). The van der Waals surface area contributed by atoms with E-state index in [4.69, 9.17) is 10.5 Å². The number of hydrogen-bond donors (Lipinski definition) is 1. The summed E-state index contributed by atoms with van der Waals surface area (Å²) in [5, 5.41) is 0. The van der Waals surface area contributed by atoms with Crippen LogP contribution < -0.4 is 10.6 Å². The SMILES string of the molecule is CC(C)(C)N1C(=O)CC(OC(N)=O)Cc2cc(Br)ccc21.